The molecule has 0 spiro atoms. The minimum atomic E-state index is -4.94. The molecule has 0 saturated carbocycles. The van der Waals surface area contributed by atoms with Crippen LogP contribution in [0.2, 0.25) is 0 Å². The molecule has 0 fully saturated rings. The fourth-order valence-corrected chi connectivity index (χ4v) is 0.313. The van der Waals surface area contributed by atoms with E-state index in [0.717, 1.165) is 0 Å². The van der Waals surface area contributed by atoms with E-state index >= 15 is 0 Å². The largest absolute Gasteiger partial charge is 1.00 e. The Kier molecular flexibility index (Phi) is 9.28. The molecular weight excluding hydrogens is 281 g/mol. The van der Waals surface area contributed by atoms with Gasteiger partial charge in [0.2, 0.25) is 0 Å². The van der Waals surface area contributed by atoms with Gasteiger partial charge in [-0.1, -0.05) is 6.07 Å². The summed E-state index contributed by atoms with van der Waals surface area (Å²) in [6.45, 7) is 0. The van der Waals surface area contributed by atoms with E-state index in [1.54, 1.807) is 12.4 Å². The topological polar surface area (TPSA) is 105 Å². The van der Waals surface area contributed by atoms with Gasteiger partial charge in [0.1, 0.15) is 0 Å². The Bertz CT molecular complexity index is 148. The van der Waals surface area contributed by atoms with Gasteiger partial charge in [0.05, 0.1) is 0 Å². The summed E-state index contributed by atoms with van der Waals surface area (Å²) in [4.78, 5) is 3.78. The molecule has 0 radical (unpaired) electrons. The van der Waals surface area contributed by atoms with Crippen molar-refractivity contribution in [3.05, 3.63) is 30.6 Å². The van der Waals surface area contributed by atoms with E-state index in [1.165, 1.54) is 0 Å². The van der Waals surface area contributed by atoms with Crippen molar-refractivity contribution in [2.24, 2.45) is 0 Å². The van der Waals surface area contributed by atoms with E-state index in [4.69, 9.17) is 18.6 Å². The Labute approximate surface area is 86.9 Å². The van der Waals surface area contributed by atoms with Crippen molar-refractivity contribution < 1.29 is 51.3 Å². The molecule has 1 heterocycles. The van der Waals surface area contributed by atoms with Gasteiger partial charge in [0.15, 0.2) is 0 Å². The molecule has 0 aliphatic carbocycles. The first-order valence-corrected chi connectivity index (χ1v) is 3.70. The summed E-state index contributed by atoms with van der Waals surface area (Å²) in [6, 6.07) is 5.72. The maximum absolute atomic E-state index is 8.49. The number of hydrogen-bond acceptors (Lipinski definition) is 5. The minimum Gasteiger partial charge on any atom is -0.265 e. The molecule has 0 aromatic carbocycles. The Hall–Kier alpha value is 0.0203. The van der Waals surface area contributed by atoms with Gasteiger partial charge in [-0.25, -0.2) is 18.6 Å². The summed E-state index contributed by atoms with van der Waals surface area (Å²) in [7, 11) is -4.94. The molecule has 7 heteroatoms. The third-order valence-corrected chi connectivity index (χ3v) is 0.566. The van der Waals surface area contributed by atoms with Crippen molar-refractivity contribution in [3.8, 4) is 0 Å². The van der Waals surface area contributed by atoms with Crippen LogP contribution in [0.25, 0.3) is 0 Å². The molecule has 12 heavy (non-hydrogen) atoms. The van der Waals surface area contributed by atoms with Crippen LogP contribution >= 0.6 is 0 Å². The van der Waals surface area contributed by atoms with Crippen LogP contribution in [0.5, 0.6) is 0 Å². The van der Waals surface area contributed by atoms with Crippen LogP contribution in [0.15, 0.2) is 30.6 Å². The van der Waals surface area contributed by atoms with Crippen molar-refractivity contribution in [2.45, 2.75) is 0 Å². The summed E-state index contributed by atoms with van der Waals surface area (Å²) >= 11 is 0. The Morgan fingerprint density at radius 3 is 1.25 bits per heavy atom. The molecule has 1 aromatic rings. The van der Waals surface area contributed by atoms with Crippen LogP contribution < -0.4 is 18.6 Å². The van der Waals surface area contributed by atoms with E-state index < -0.39 is 10.2 Å². The molecular formula is C5H5AgClNO4. The van der Waals surface area contributed by atoms with Crippen LogP contribution in [0.3, 0.4) is 0 Å². The standard InChI is InChI=1S/C5H5N.Ag.ClHO4/c1-2-4-6-5-3-1;;2-1(3,4)5/h1-5H;;(H,2,3,4,5)/q;+1;/p-1. The SMILES string of the molecule is [Ag+].[O-][Cl+3]([O-])([O-])[O-].c1ccncc1. The first-order valence-electron chi connectivity index (χ1n) is 2.47. The van der Waals surface area contributed by atoms with Crippen LogP contribution in [-0.4, -0.2) is 4.98 Å². The fourth-order valence-electron chi connectivity index (χ4n) is 0.313. The van der Waals surface area contributed by atoms with Gasteiger partial charge < -0.3 is 0 Å². The average Bonchev–Trinajstić information content (AvgIpc) is 1.88. The first kappa shape index (κ1) is 14.5. The van der Waals surface area contributed by atoms with E-state index in [9.17, 15) is 0 Å². The molecule has 1 rings (SSSR count). The number of pyridine rings is 1. The molecule has 0 saturated heterocycles. The Morgan fingerprint density at radius 2 is 1.17 bits per heavy atom. The molecule has 0 unspecified atom stereocenters. The maximum Gasteiger partial charge on any atom is 1.00 e. The van der Waals surface area contributed by atoms with Crippen LogP contribution in [-0.2, 0) is 22.4 Å². The molecule has 0 amide bonds. The van der Waals surface area contributed by atoms with Gasteiger partial charge in [0, 0.05) is 12.4 Å². The predicted molar refractivity (Wildman–Crippen MR) is 24.2 cm³/mol. The zero-order valence-corrected chi connectivity index (χ0v) is 7.88. The molecule has 72 valence electrons. The summed E-state index contributed by atoms with van der Waals surface area (Å²) in [6.07, 6.45) is 3.50. The normalized spacial score (nSPS) is 9.00. The summed E-state index contributed by atoms with van der Waals surface area (Å²) in [5.74, 6) is 0. The third kappa shape index (κ3) is 22.5. The van der Waals surface area contributed by atoms with Crippen LogP contribution in [0.1, 0.15) is 0 Å². The second-order valence-electron chi connectivity index (χ2n) is 1.40. The van der Waals surface area contributed by atoms with Gasteiger partial charge in [-0.15, -0.1) is 10.2 Å². The molecule has 1 aromatic heterocycles. The molecule has 0 atom stereocenters. The molecule has 0 aliphatic rings. The van der Waals surface area contributed by atoms with Crippen LogP contribution in [0, 0.1) is 10.2 Å². The number of aromatic nitrogens is 1. The number of rotatable bonds is 0. The zero-order valence-electron chi connectivity index (χ0n) is 5.65. The summed E-state index contributed by atoms with van der Waals surface area (Å²) < 4.78 is 34.0. The predicted octanol–water partition coefficient (Wildman–Crippen LogP) is -3.68. The Morgan fingerprint density at radius 1 is 0.833 bits per heavy atom. The third-order valence-electron chi connectivity index (χ3n) is 0.566. The quantitative estimate of drug-likeness (QED) is 0.457. The van der Waals surface area contributed by atoms with Crippen LogP contribution in [0.4, 0.5) is 0 Å². The van der Waals surface area contributed by atoms with E-state index in [2.05, 4.69) is 4.98 Å². The summed E-state index contributed by atoms with van der Waals surface area (Å²) in [5.41, 5.74) is 0. The first-order chi connectivity index (χ1) is 5.00. The van der Waals surface area contributed by atoms with E-state index in [1.807, 2.05) is 18.2 Å². The maximum atomic E-state index is 8.49. The zero-order chi connectivity index (χ0) is 8.74. The van der Waals surface area contributed by atoms with Gasteiger partial charge in [-0.05, 0) is 12.1 Å². The fraction of sp³-hybridized carbons (Fsp3) is 0. The number of halogens is 1. The van der Waals surface area contributed by atoms with Gasteiger partial charge >= 0.3 is 22.4 Å². The molecule has 0 aliphatic heterocycles. The average molecular weight is 286 g/mol. The van der Waals surface area contributed by atoms with Crippen molar-refractivity contribution in [1.29, 1.82) is 0 Å². The number of nitrogens with zero attached hydrogens (tertiary/aromatic N) is 1. The van der Waals surface area contributed by atoms with Gasteiger partial charge in [0.25, 0.3) is 0 Å². The van der Waals surface area contributed by atoms with E-state index in [0.29, 0.717) is 0 Å². The minimum absolute atomic E-state index is 0. The smallest absolute Gasteiger partial charge is 0.265 e. The van der Waals surface area contributed by atoms with E-state index in [-0.39, 0.29) is 22.4 Å². The second-order valence-corrected chi connectivity index (χ2v) is 2.16. The summed E-state index contributed by atoms with van der Waals surface area (Å²) in [5, 5.41) is 0. The second kappa shape index (κ2) is 7.66. The number of hydrogen-bond donors (Lipinski definition) is 0. The van der Waals surface area contributed by atoms with Crippen molar-refractivity contribution in [2.75, 3.05) is 0 Å². The van der Waals surface area contributed by atoms with Crippen molar-refractivity contribution in [3.63, 3.8) is 0 Å². The molecule has 0 bridgehead atoms. The Balaban J connectivity index is 0. The van der Waals surface area contributed by atoms with Crippen molar-refractivity contribution in [1.82, 2.24) is 4.98 Å². The van der Waals surface area contributed by atoms with Gasteiger partial charge in [-0.2, -0.15) is 0 Å². The van der Waals surface area contributed by atoms with Crippen molar-refractivity contribution >= 4 is 0 Å². The monoisotopic (exact) mass is 285 g/mol. The molecule has 5 nitrogen and oxygen atoms in total. The molecule has 0 N–H and O–H groups in total. The van der Waals surface area contributed by atoms with Gasteiger partial charge in [-0.3, -0.25) is 4.98 Å².